The number of H-pyrrole nitrogens is 1. The van der Waals surface area contributed by atoms with Crippen molar-refractivity contribution in [2.45, 2.75) is 64.8 Å². The molecule has 0 aliphatic carbocycles. The van der Waals surface area contributed by atoms with Crippen LogP contribution >= 0.6 is 0 Å². The smallest absolute Gasteiger partial charge is 0.236 e. The first kappa shape index (κ1) is 29.0. The highest BCUT2D eigenvalue weighted by Gasteiger charge is 2.25. The van der Waals surface area contributed by atoms with Gasteiger partial charge in [-0.05, 0) is 78.5 Å². The van der Waals surface area contributed by atoms with Gasteiger partial charge in [0, 0.05) is 35.6 Å². The van der Waals surface area contributed by atoms with Gasteiger partial charge in [-0.15, -0.1) is 0 Å². The Morgan fingerprint density at radius 1 is 1.05 bits per heavy atom. The minimum Gasteiger partial charge on any atom is -0.493 e. The van der Waals surface area contributed by atoms with Crippen LogP contribution in [0.3, 0.4) is 0 Å². The summed E-state index contributed by atoms with van der Waals surface area (Å²) < 4.78 is 11.0. The Morgan fingerprint density at radius 2 is 1.77 bits per heavy atom. The molecular formula is C32H45N3O4. The summed E-state index contributed by atoms with van der Waals surface area (Å²) in [6.45, 7) is 10.6. The summed E-state index contributed by atoms with van der Waals surface area (Å²) in [5, 5.41) is 14.1. The maximum atomic E-state index is 12.8. The van der Waals surface area contributed by atoms with Gasteiger partial charge in [-0.1, -0.05) is 33.8 Å². The van der Waals surface area contributed by atoms with E-state index in [1.165, 1.54) is 16.5 Å². The molecule has 1 saturated heterocycles. The summed E-state index contributed by atoms with van der Waals surface area (Å²) in [5.41, 5.74) is 5.96. The quantitative estimate of drug-likeness (QED) is 0.294. The van der Waals surface area contributed by atoms with Crippen molar-refractivity contribution in [3.05, 3.63) is 47.5 Å². The Labute approximate surface area is 232 Å². The number of nitrogens with zero attached hydrogens (tertiary/aromatic N) is 1. The van der Waals surface area contributed by atoms with Gasteiger partial charge in [-0.3, -0.25) is 4.79 Å². The SMILES string of the molecule is COc1ccc(-c2[nH]c3ccc(C4CCN(C(=O)CN[C@H](CO)CC(C)C)CC4)cc3c2C(C)C)cc1OC. The fourth-order valence-electron chi connectivity index (χ4n) is 5.90. The van der Waals surface area contributed by atoms with Gasteiger partial charge in [0.25, 0.3) is 0 Å². The number of benzene rings is 2. The number of methoxy groups -OCH3 is 2. The zero-order valence-corrected chi connectivity index (χ0v) is 24.3. The number of hydrogen-bond donors (Lipinski definition) is 3. The van der Waals surface area contributed by atoms with E-state index >= 15 is 0 Å². The summed E-state index contributed by atoms with van der Waals surface area (Å²) in [7, 11) is 3.32. The van der Waals surface area contributed by atoms with E-state index in [1.807, 2.05) is 17.0 Å². The molecule has 212 valence electrons. The number of amides is 1. The maximum Gasteiger partial charge on any atom is 0.236 e. The Bertz CT molecular complexity index is 1260. The van der Waals surface area contributed by atoms with Gasteiger partial charge >= 0.3 is 0 Å². The maximum absolute atomic E-state index is 12.8. The van der Waals surface area contributed by atoms with Crippen LogP contribution in [-0.4, -0.2) is 67.4 Å². The topological polar surface area (TPSA) is 86.8 Å². The molecule has 0 unspecified atom stereocenters. The van der Waals surface area contributed by atoms with Gasteiger partial charge < -0.3 is 29.8 Å². The van der Waals surface area contributed by atoms with Crippen LogP contribution in [0.1, 0.15) is 69.9 Å². The van der Waals surface area contributed by atoms with Gasteiger partial charge in [0.15, 0.2) is 11.5 Å². The molecule has 0 saturated carbocycles. The van der Waals surface area contributed by atoms with Crippen molar-refractivity contribution >= 4 is 16.8 Å². The Balaban J connectivity index is 1.49. The number of piperidine rings is 1. The lowest BCUT2D eigenvalue weighted by molar-refractivity contribution is -0.131. The standard InChI is InChI=1S/C32H45N3O4/c1-20(2)15-25(19-36)33-18-30(37)35-13-11-22(12-14-35)23-7-9-27-26(16-23)31(21(3)4)32(34-27)24-8-10-28(38-5)29(17-24)39-6/h7-10,16-17,20-22,25,33-34,36H,11-15,18-19H2,1-6H3/t25-/m0/s1. The number of aromatic nitrogens is 1. The molecule has 2 heterocycles. The van der Waals surface area contributed by atoms with E-state index < -0.39 is 0 Å². The Kier molecular flexibility index (Phi) is 9.57. The van der Waals surface area contributed by atoms with Crippen LogP contribution in [0, 0.1) is 5.92 Å². The number of hydrogen-bond acceptors (Lipinski definition) is 5. The molecule has 1 fully saturated rings. The highest BCUT2D eigenvalue weighted by Crippen LogP contribution is 2.40. The van der Waals surface area contributed by atoms with Gasteiger partial charge in [0.2, 0.25) is 5.91 Å². The predicted molar refractivity (Wildman–Crippen MR) is 158 cm³/mol. The van der Waals surface area contributed by atoms with Crippen LogP contribution in [0.2, 0.25) is 0 Å². The minimum absolute atomic E-state index is 0.0291. The summed E-state index contributed by atoms with van der Waals surface area (Å²) in [6, 6.07) is 12.8. The lowest BCUT2D eigenvalue weighted by Crippen LogP contribution is -2.45. The molecule has 3 aromatic rings. The molecule has 39 heavy (non-hydrogen) atoms. The number of rotatable bonds is 11. The number of ether oxygens (including phenoxy) is 2. The van der Waals surface area contributed by atoms with E-state index in [9.17, 15) is 9.90 Å². The molecule has 7 heteroatoms. The number of likely N-dealkylation sites (tertiary alicyclic amines) is 1. The first-order valence-electron chi connectivity index (χ1n) is 14.3. The molecule has 3 N–H and O–H groups in total. The molecule has 1 aliphatic heterocycles. The van der Waals surface area contributed by atoms with Crippen LogP contribution < -0.4 is 14.8 Å². The Morgan fingerprint density at radius 3 is 2.38 bits per heavy atom. The summed E-state index contributed by atoms with van der Waals surface area (Å²) in [6.07, 6.45) is 2.77. The Hall–Kier alpha value is -3.03. The predicted octanol–water partition coefficient (Wildman–Crippen LogP) is 5.68. The first-order chi connectivity index (χ1) is 18.7. The largest absolute Gasteiger partial charge is 0.493 e. The van der Waals surface area contributed by atoms with Crippen LogP contribution in [0.25, 0.3) is 22.2 Å². The van der Waals surface area contributed by atoms with Gasteiger partial charge in [-0.25, -0.2) is 0 Å². The number of nitrogens with one attached hydrogen (secondary N) is 2. The lowest BCUT2D eigenvalue weighted by atomic mass is 9.87. The van der Waals surface area contributed by atoms with Crippen molar-refractivity contribution < 1.29 is 19.4 Å². The fourth-order valence-corrected chi connectivity index (χ4v) is 5.90. The molecule has 0 spiro atoms. The van der Waals surface area contributed by atoms with Gasteiger partial charge in [-0.2, -0.15) is 0 Å². The van der Waals surface area contributed by atoms with Crippen LogP contribution in [0.5, 0.6) is 11.5 Å². The molecule has 1 amide bonds. The van der Waals surface area contributed by atoms with Crippen molar-refractivity contribution in [1.82, 2.24) is 15.2 Å². The third-order valence-electron chi connectivity index (χ3n) is 7.95. The second-order valence-electron chi connectivity index (χ2n) is 11.5. The van der Waals surface area contributed by atoms with Crippen molar-refractivity contribution in [3.63, 3.8) is 0 Å². The van der Waals surface area contributed by atoms with E-state index in [0.717, 1.165) is 54.9 Å². The zero-order valence-electron chi connectivity index (χ0n) is 24.3. The lowest BCUT2D eigenvalue weighted by Gasteiger charge is -2.33. The normalized spacial score (nSPS) is 15.4. The van der Waals surface area contributed by atoms with Gasteiger partial charge in [0.05, 0.1) is 33.1 Å². The van der Waals surface area contributed by atoms with E-state index in [0.29, 0.717) is 23.5 Å². The molecule has 1 atom stereocenters. The number of aliphatic hydroxyl groups is 1. The second-order valence-corrected chi connectivity index (χ2v) is 11.5. The summed E-state index contributed by atoms with van der Waals surface area (Å²) in [5.74, 6) is 2.80. The van der Waals surface area contributed by atoms with E-state index in [4.69, 9.17) is 9.47 Å². The summed E-state index contributed by atoms with van der Waals surface area (Å²) in [4.78, 5) is 18.5. The zero-order chi connectivity index (χ0) is 28.1. The second kappa shape index (κ2) is 12.9. The molecule has 0 bridgehead atoms. The summed E-state index contributed by atoms with van der Waals surface area (Å²) >= 11 is 0. The minimum atomic E-state index is -0.0291. The van der Waals surface area contributed by atoms with Crippen molar-refractivity contribution in [1.29, 1.82) is 0 Å². The van der Waals surface area contributed by atoms with Crippen molar-refractivity contribution in [2.24, 2.45) is 5.92 Å². The third-order valence-corrected chi connectivity index (χ3v) is 7.95. The monoisotopic (exact) mass is 535 g/mol. The molecule has 7 nitrogen and oxygen atoms in total. The number of carbonyl (C=O) groups is 1. The number of aliphatic hydroxyl groups excluding tert-OH is 1. The first-order valence-corrected chi connectivity index (χ1v) is 14.3. The molecule has 4 rings (SSSR count). The highest BCUT2D eigenvalue weighted by atomic mass is 16.5. The number of carbonyl (C=O) groups excluding carboxylic acids is 1. The van der Waals surface area contributed by atoms with E-state index in [1.54, 1.807) is 14.2 Å². The molecular weight excluding hydrogens is 490 g/mol. The van der Waals surface area contributed by atoms with Crippen LogP contribution in [0.15, 0.2) is 36.4 Å². The van der Waals surface area contributed by atoms with Crippen molar-refractivity contribution in [3.8, 4) is 22.8 Å². The average Bonchev–Trinajstić information content (AvgIpc) is 3.33. The highest BCUT2D eigenvalue weighted by molar-refractivity contribution is 5.92. The van der Waals surface area contributed by atoms with E-state index in [2.05, 4.69) is 62.3 Å². The van der Waals surface area contributed by atoms with E-state index in [-0.39, 0.29) is 25.1 Å². The molecule has 1 aliphatic rings. The van der Waals surface area contributed by atoms with Gasteiger partial charge in [0.1, 0.15) is 0 Å². The fraction of sp³-hybridized carbons (Fsp3) is 0.531. The molecule has 2 aromatic carbocycles. The van der Waals surface area contributed by atoms with Crippen LogP contribution in [-0.2, 0) is 4.79 Å². The van der Waals surface area contributed by atoms with Crippen LogP contribution in [0.4, 0.5) is 0 Å². The average molecular weight is 536 g/mol. The molecule has 0 radical (unpaired) electrons. The third kappa shape index (κ3) is 6.59. The van der Waals surface area contributed by atoms with Crippen molar-refractivity contribution in [2.75, 3.05) is 40.5 Å². The molecule has 1 aromatic heterocycles. The number of fused-ring (bicyclic) bond motifs is 1. The number of aromatic amines is 1.